The molecule has 0 radical (unpaired) electrons. The van der Waals surface area contributed by atoms with E-state index >= 15 is 0 Å². The van der Waals surface area contributed by atoms with Crippen molar-refractivity contribution in [2.45, 2.75) is 26.2 Å². The summed E-state index contributed by atoms with van der Waals surface area (Å²) in [7, 11) is 0. The van der Waals surface area contributed by atoms with E-state index in [1.165, 1.54) is 18.9 Å². The summed E-state index contributed by atoms with van der Waals surface area (Å²) in [5.41, 5.74) is 6.87. The maximum Gasteiger partial charge on any atom is 0.191 e. The molecule has 0 aromatic heterocycles. The smallest absolute Gasteiger partial charge is 0.191 e. The van der Waals surface area contributed by atoms with E-state index < -0.39 is 0 Å². The zero-order chi connectivity index (χ0) is 18.4. The quantitative estimate of drug-likeness (QED) is 0.497. The first-order valence-electron chi connectivity index (χ1n) is 9.90. The fourth-order valence-electron chi connectivity index (χ4n) is 3.91. The van der Waals surface area contributed by atoms with Crippen molar-refractivity contribution in [3.63, 3.8) is 0 Å². The molecule has 2 fully saturated rings. The van der Waals surface area contributed by atoms with Crippen molar-refractivity contribution >= 4 is 11.6 Å². The molecule has 2 aliphatic heterocycles. The highest BCUT2D eigenvalue weighted by Crippen LogP contribution is 2.20. The largest absolute Gasteiger partial charge is 0.370 e. The number of piperazine rings is 1. The van der Waals surface area contributed by atoms with Crippen LogP contribution in [0.1, 0.15) is 26.2 Å². The van der Waals surface area contributed by atoms with Crippen LogP contribution in [-0.4, -0.2) is 68.1 Å². The average molecular weight is 362 g/mol. The summed E-state index contributed by atoms with van der Waals surface area (Å²) in [5, 5.41) is 0. The average Bonchev–Trinajstić information content (AvgIpc) is 2.66. The number of nitrogens with two attached hydrogens (primary N) is 1. The number of likely N-dealkylation sites (tertiary alicyclic amines) is 1. The van der Waals surface area contributed by atoms with Crippen molar-refractivity contribution in [2.75, 3.05) is 57.3 Å². The number of rotatable bonds is 5. The van der Waals surface area contributed by atoms with Crippen molar-refractivity contribution in [3.8, 4) is 0 Å². The topological polar surface area (TPSA) is 48.1 Å². The summed E-state index contributed by atoms with van der Waals surface area (Å²) in [6.45, 7) is 9.85. The van der Waals surface area contributed by atoms with Crippen LogP contribution in [0.4, 0.5) is 10.1 Å². The van der Waals surface area contributed by atoms with E-state index in [1.54, 1.807) is 6.07 Å². The second kappa shape index (κ2) is 9.21. The molecular weight excluding hydrogens is 329 g/mol. The number of hydrogen-bond acceptors (Lipinski definition) is 3. The molecule has 1 aromatic rings. The number of para-hydroxylation sites is 1. The summed E-state index contributed by atoms with van der Waals surface area (Å²) < 4.78 is 13.9. The Morgan fingerprint density at radius 1 is 1.19 bits per heavy atom. The fourth-order valence-corrected chi connectivity index (χ4v) is 3.91. The van der Waals surface area contributed by atoms with Crippen molar-refractivity contribution in [2.24, 2.45) is 16.6 Å². The number of guanidine groups is 1. The Hall–Kier alpha value is -1.82. The Bertz CT molecular complexity index is 598. The molecule has 3 rings (SSSR count). The monoisotopic (exact) mass is 361 g/mol. The number of piperidine rings is 1. The van der Waals surface area contributed by atoms with Crippen molar-refractivity contribution in [1.29, 1.82) is 0 Å². The molecule has 1 aromatic carbocycles. The summed E-state index contributed by atoms with van der Waals surface area (Å²) in [4.78, 5) is 11.4. The van der Waals surface area contributed by atoms with Gasteiger partial charge < -0.3 is 15.5 Å². The van der Waals surface area contributed by atoms with Crippen LogP contribution in [-0.2, 0) is 0 Å². The Labute approximate surface area is 156 Å². The molecule has 1 atom stereocenters. The minimum Gasteiger partial charge on any atom is -0.370 e. The first-order chi connectivity index (χ1) is 12.6. The lowest BCUT2D eigenvalue weighted by Gasteiger charge is -2.36. The lowest BCUT2D eigenvalue weighted by atomic mass is 10.0. The molecule has 2 heterocycles. The van der Waals surface area contributed by atoms with Gasteiger partial charge in [0, 0.05) is 52.4 Å². The van der Waals surface area contributed by atoms with Gasteiger partial charge in [0.1, 0.15) is 5.82 Å². The predicted molar refractivity (Wildman–Crippen MR) is 106 cm³/mol. The lowest BCUT2D eigenvalue weighted by Crippen LogP contribution is -2.47. The van der Waals surface area contributed by atoms with E-state index in [-0.39, 0.29) is 5.82 Å². The van der Waals surface area contributed by atoms with Gasteiger partial charge in [0.2, 0.25) is 0 Å². The fraction of sp³-hybridized carbons (Fsp3) is 0.650. The normalized spacial score (nSPS) is 22.7. The number of benzene rings is 1. The van der Waals surface area contributed by atoms with Crippen LogP contribution in [0.25, 0.3) is 0 Å². The Balaban J connectivity index is 1.36. The van der Waals surface area contributed by atoms with Crippen LogP contribution in [0.15, 0.2) is 29.3 Å². The lowest BCUT2D eigenvalue weighted by molar-refractivity contribution is 0.254. The minimum absolute atomic E-state index is 0.127. The highest BCUT2D eigenvalue weighted by atomic mass is 19.1. The van der Waals surface area contributed by atoms with Crippen LogP contribution in [0.3, 0.4) is 0 Å². The van der Waals surface area contributed by atoms with Gasteiger partial charge in [-0.2, -0.15) is 0 Å². The third-order valence-electron chi connectivity index (χ3n) is 5.45. The number of halogens is 1. The van der Waals surface area contributed by atoms with Gasteiger partial charge >= 0.3 is 0 Å². The van der Waals surface area contributed by atoms with Gasteiger partial charge in [0.25, 0.3) is 0 Å². The minimum atomic E-state index is -0.127. The van der Waals surface area contributed by atoms with Gasteiger partial charge in [0.15, 0.2) is 5.96 Å². The number of nitrogens with zero attached hydrogens (tertiary/aromatic N) is 4. The predicted octanol–water partition coefficient (Wildman–Crippen LogP) is 2.38. The van der Waals surface area contributed by atoms with E-state index in [0.717, 1.165) is 64.5 Å². The second-order valence-corrected chi connectivity index (χ2v) is 7.57. The molecule has 0 spiro atoms. The van der Waals surface area contributed by atoms with Gasteiger partial charge in [-0.05, 0) is 37.3 Å². The second-order valence-electron chi connectivity index (χ2n) is 7.57. The van der Waals surface area contributed by atoms with E-state index in [0.29, 0.717) is 11.9 Å². The highest BCUT2D eigenvalue weighted by molar-refractivity contribution is 5.78. The highest BCUT2D eigenvalue weighted by Gasteiger charge is 2.19. The zero-order valence-corrected chi connectivity index (χ0v) is 15.9. The van der Waals surface area contributed by atoms with E-state index in [2.05, 4.69) is 26.6 Å². The molecule has 26 heavy (non-hydrogen) atoms. The van der Waals surface area contributed by atoms with E-state index in [4.69, 9.17) is 5.73 Å². The first-order valence-corrected chi connectivity index (χ1v) is 9.90. The maximum atomic E-state index is 13.9. The molecule has 0 aliphatic carbocycles. The van der Waals surface area contributed by atoms with E-state index in [1.807, 2.05) is 12.1 Å². The molecule has 144 valence electrons. The van der Waals surface area contributed by atoms with Crippen LogP contribution >= 0.6 is 0 Å². The van der Waals surface area contributed by atoms with Crippen molar-refractivity contribution in [3.05, 3.63) is 30.1 Å². The van der Waals surface area contributed by atoms with Gasteiger partial charge in [-0.15, -0.1) is 0 Å². The molecule has 6 heteroatoms. The number of aliphatic imine (C=N–C) groups is 1. The van der Waals surface area contributed by atoms with Gasteiger partial charge in [-0.3, -0.25) is 9.89 Å². The Morgan fingerprint density at radius 3 is 2.69 bits per heavy atom. The third-order valence-corrected chi connectivity index (χ3v) is 5.45. The van der Waals surface area contributed by atoms with E-state index in [9.17, 15) is 4.39 Å². The third kappa shape index (κ3) is 5.10. The van der Waals surface area contributed by atoms with Crippen molar-refractivity contribution in [1.82, 2.24) is 9.80 Å². The molecular formula is C20H32FN5. The van der Waals surface area contributed by atoms with Gasteiger partial charge in [-0.1, -0.05) is 19.1 Å². The first kappa shape index (κ1) is 19.0. The number of anilines is 1. The summed E-state index contributed by atoms with van der Waals surface area (Å²) in [6.07, 6.45) is 3.52. The van der Waals surface area contributed by atoms with Crippen LogP contribution in [0, 0.1) is 11.7 Å². The summed E-state index contributed by atoms with van der Waals surface area (Å²) in [5.74, 6) is 1.29. The summed E-state index contributed by atoms with van der Waals surface area (Å²) in [6, 6.07) is 7.04. The molecule has 2 aliphatic rings. The molecule has 2 N–H and O–H groups in total. The maximum absolute atomic E-state index is 13.9. The molecule has 2 saturated heterocycles. The number of hydrogen-bond donors (Lipinski definition) is 1. The van der Waals surface area contributed by atoms with Gasteiger partial charge in [-0.25, -0.2) is 4.39 Å². The van der Waals surface area contributed by atoms with Gasteiger partial charge in [0.05, 0.1) is 5.69 Å². The zero-order valence-electron chi connectivity index (χ0n) is 15.9. The van der Waals surface area contributed by atoms with Crippen molar-refractivity contribution < 1.29 is 4.39 Å². The van der Waals surface area contributed by atoms with Crippen LogP contribution in [0.2, 0.25) is 0 Å². The van der Waals surface area contributed by atoms with Crippen LogP contribution < -0.4 is 10.6 Å². The Morgan fingerprint density at radius 2 is 1.96 bits per heavy atom. The molecule has 0 amide bonds. The molecule has 5 nitrogen and oxygen atoms in total. The molecule has 0 bridgehead atoms. The molecule has 0 saturated carbocycles. The molecule has 1 unspecified atom stereocenters. The Kier molecular flexibility index (Phi) is 6.72. The summed E-state index contributed by atoms with van der Waals surface area (Å²) >= 11 is 0. The SMILES string of the molecule is CC1CCCN(C(N)=NCCCN2CCN(c3ccccc3F)CC2)C1. The van der Waals surface area contributed by atoms with Crippen LogP contribution in [0.5, 0.6) is 0 Å². The standard InChI is InChI=1S/C20H32FN5/c1-17-6-4-11-26(16-17)20(22)23-9-5-10-24-12-14-25(15-13-24)19-8-3-2-7-18(19)21/h2-3,7-8,17H,4-6,9-16H2,1H3,(H2,22,23).